The van der Waals surface area contributed by atoms with Crippen molar-refractivity contribution in [2.45, 2.75) is 0 Å². The van der Waals surface area contributed by atoms with E-state index in [4.69, 9.17) is 0 Å². The van der Waals surface area contributed by atoms with E-state index in [1.807, 2.05) is 60.7 Å². The molecule has 0 fully saturated rings. The molecule has 0 aliphatic heterocycles. The molecule has 0 radical (unpaired) electrons. The summed E-state index contributed by atoms with van der Waals surface area (Å²) < 4.78 is 33.8. The van der Waals surface area contributed by atoms with Gasteiger partial charge in [0.1, 0.15) is 4.91 Å². The predicted molar refractivity (Wildman–Crippen MR) is 112 cm³/mol. The average Bonchev–Trinajstić information content (AvgIpc) is 2.60. The van der Waals surface area contributed by atoms with Crippen molar-refractivity contribution in [1.82, 2.24) is 0 Å². The van der Waals surface area contributed by atoms with Crippen LogP contribution >= 0.6 is 0 Å². The van der Waals surface area contributed by atoms with Gasteiger partial charge in [-0.3, -0.25) is 4.55 Å². The predicted octanol–water partition coefficient (Wildman–Crippen LogP) is 3.44. The topological polar surface area (TPSA) is 54.4 Å². The van der Waals surface area contributed by atoms with Crippen LogP contribution < -0.4 is 0 Å². The van der Waals surface area contributed by atoms with Crippen molar-refractivity contribution in [3.05, 3.63) is 96.1 Å². The molecule has 0 saturated heterocycles. The second-order valence-electron chi connectivity index (χ2n) is 5.31. The Morgan fingerprint density at radius 2 is 1.23 bits per heavy atom. The molecule has 1 N–H and O–H groups in total. The van der Waals surface area contributed by atoms with Crippen LogP contribution in [0.25, 0.3) is 22.1 Å². The molecule has 3 rings (SSSR count). The van der Waals surface area contributed by atoms with Gasteiger partial charge in [0, 0.05) is 5.56 Å². The third kappa shape index (κ3) is 5.91. The molecular weight excluding hydrogens is 366 g/mol. The van der Waals surface area contributed by atoms with Gasteiger partial charge in [0.05, 0.1) is 0 Å². The Morgan fingerprint density at radius 1 is 0.731 bits per heavy atom. The van der Waals surface area contributed by atoms with Crippen molar-refractivity contribution >= 4 is 80.2 Å². The molecule has 0 aliphatic carbocycles. The molecule has 0 aromatic heterocycles. The summed E-state index contributed by atoms with van der Waals surface area (Å²) in [6, 6.07) is 25.7. The Bertz CT molecular complexity index is 970. The van der Waals surface area contributed by atoms with Gasteiger partial charge in [0.25, 0.3) is 10.1 Å². The molecule has 0 saturated carbocycles. The Kier molecular flexibility index (Phi) is 9.51. The zero-order valence-corrected chi connectivity index (χ0v) is 13.6. The number of hydrogen-bond donors (Lipinski definition) is 1. The summed E-state index contributed by atoms with van der Waals surface area (Å²) in [5.74, 6) is 0. The second kappa shape index (κ2) is 10.6. The van der Waals surface area contributed by atoms with Crippen LogP contribution in [-0.2, 0) is 10.1 Å². The second-order valence-corrected chi connectivity index (χ2v) is 6.70. The average molecular weight is 384 g/mol. The Labute approximate surface area is 198 Å². The van der Waals surface area contributed by atoms with E-state index < -0.39 is 10.1 Å². The van der Waals surface area contributed by atoms with E-state index in [1.165, 1.54) is 6.08 Å². The number of rotatable bonds is 4. The summed E-state index contributed by atoms with van der Waals surface area (Å²) in [5.41, 5.74) is 2.80. The van der Waals surface area contributed by atoms with Crippen molar-refractivity contribution in [3.8, 4) is 11.1 Å². The van der Waals surface area contributed by atoms with Gasteiger partial charge >= 0.3 is 59.1 Å². The maximum atomic E-state index is 12.0. The van der Waals surface area contributed by atoms with Crippen LogP contribution in [0.5, 0.6) is 0 Å². The number of benzene rings is 3. The molecule has 0 atom stereocenters. The molecule has 3 aromatic rings. The molecule has 26 heavy (non-hydrogen) atoms. The van der Waals surface area contributed by atoms with Gasteiger partial charge in [-0.15, -0.1) is 0 Å². The molecule has 0 amide bonds. The van der Waals surface area contributed by atoms with Gasteiger partial charge in [-0.05, 0) is 22.8 Å². The summed E-state index contributed by atoms with van der Waals surface area (Å²) >= 11 is 0. The van der Waals surface area contributed by atoms with Crippen molar-refractivity contribution in [2.75, 3.05) is 0 Å². The quantitative estimate of drug-likeness (QED) is 0.426. The minimum atomic E-state index is -4.39. The fraction of sp³-hybridized carbons (Fsp3) is 0. The van der Waals surface area contributed by atoms with Crippen LogP contribution in [0.15, 0.2) is 84.9 Å². The van der Waals surface area contributed by atoms with Crippen LogP contribution in [-0.4, -0.2) is 72.1 Å². The Balaban J connectivity index is 0.00000169. The van der Waals surface area contributed by atoms with Crippen LogP contribution in [0.2, 0.25) is 0 Å². The van der Waals surface area contributed by atoms with Crippen molar-refractivity contribution in [2.24, 2.45) is 0 Å². The van der Waals surface area contributed by atoms with Crippen LogP contribution in [0.1, 0.15) is 11.1 Å². The van der Waals surface area contributed by atoms with Crippen molar-refractivity contribution < 1.29 is 13.0 Å². The zero-order valence-electron chi connectivity index (χ0n) is 12.8. The summed E-state index contributed by atoms with van der Waals surface area (Å²) in [7, 11) is -4.39. The van der Waals surface area contributed by atoms with E-state index >= 15 is 0 Å². The van der Waals surface area contributed by atoms with Gasteiger partial charge < -0.3 is 0 Å². The third-order valence-corrected chi connectivity index (χ3v) is 4.55. The standard InChI is InChI=1S/C20H16O3S.2Na.2H/c21-24(22,23)20(15-16-9-3-1-4-10-16)19-14-8-7-13-18(19)17-11-5-2-6-12-17;;;;/h1-15H,(H,21,22,23);;;;. The molecule has 0 heterocycles. The van der Waals surface area contributed by atoms with Gasteiger partial charge in [0.15, 0.2) is 0 Å². The molecule has 0 spiro atoms. The Hall–Kier alpha value is -0.690. The van der Waals surface area contributed by atoms with E-state index in [9.17, 15) is 13.0 Å². The first-order chi connectivity index (χ1) is 11.6. The first-order valence-corrected chi connectivity index (χ1v) is 8.89. The van der Waals surface area contributed by atoms with Crippen LogP contribution in [0.4, 0.5) is 0 Å². The van der Waals surface area contributed by atoms with E-state index in [2.05, 4.69) is 0 Å². The van der Waals surface area contributed by atoms with Crippen LogP contribution in [0, 0.1) is 0 Å². The molecule has 6 heteroatoms. The fourth-order valence-electron chi connectivity index (χ4n) is 2.56. The number of hydrogen-bond acceptors (Lipinski definition) is 2. The molecule has 124 valence electrons. The van der Waals surface area contributed by atoms with Gasteiger partial charge in [0.2, 0.25) is 0 Å². The van der Waals surface area contributed by atoms with E-state index in [0.717, 1.165) is 11.1 Å². The van der Waals surface area contributed by atoms with E-state index in [1.54, 1.807) is 24.3 Å². The molecule has 3 aromatic carbocycles. The molecule has 0 bridgehead atoms. The van der Waals surface area contributed by atoms with Gasteiger partial charge in [-0.25, -0.2) is 0 Å². The van der Waals surface area contributed by atoms with Gasteiger partial charge in [-0.2, -0.15) is 8.42 Å². The van der Waals surface area contributed by atoms with E-state index in [-0.39, 0.29) is 64.0 Å². The first kappa shape index (κ1) is 23.3. The van der Waals surface area contributed by atoms with Crippen molar-refractivity contribution in [3.63, 3.8) is 0 Å². The summed E-state index contributed by atoms with van der Waals surface area (Å²) in [6.07, 6.45) is 1.48. The Morgan fingerprint density at radius 3 is 1.81 bits per heavy atom. The van der Waals surface area contributed by atoms with Crippen molar-refractivity contribution in [1.29, 1.82) is 0 Å². The van der Waals surface area contributed by atoms with E-state index in [0.29, 0.717) is 11.1 Å². The summed E-state index contributed by atoms with van der Waals surface area (Å²) in [6.45, 7) is 0. The molecular formula is C20H18Na2O3S. The first-order valence-electron chi connectivity index (χ1n) is 7.45. The summed E-state index contributed by atoms with van der Waals surface area (Å²) in [5, 5.41) is 0. The molecule has 0 unspecified atom stereocenters. The van der Waals surface area contributed by atoms with Crippen LogP contribution in [0.3, 0.4) is 0 Å². The third-order valence-electron chi connectivity index (χ3n) is 3.65. The fourth-order valence-corrected chi connectivity index (χ4v) is 3.30. The molecule has 0 aliphatic rings. The monoisotopic (exact) mass is 384 g/mol. The summed E-state index contributed by atoms with van der Waals surface area (Å²) in [4.78, 5) is -0.117. The molecule has 3 nitrogen and oxygen atoms in total. The minimum absolute atomic E-state index is 0. The SMILES string of the molecule is O=S(=O)(O)C(=Cc1ccccc1)c1ccccc1-c1ccccc1.[NaH].[NaH]. The normalized spacial score (nSPS) is 11.2. The zero-order chi connectivity index (χ0) is 17.0. The van der Waals surface area contributed by atoms with Gasteiger partial charge in [-0.1, -0.05) is 84.9 Å². The maximum absolute atomic E-state index is 12.0.